The number of nitrogens with zero attached hydrogens (tertiary/aromatic N) is 4. The van der Waals surface area contributed by atoms with E-state index in [2.05, 4.69) is 16.8 Å². The maximum Gasteiger partial charge on any atom is 0.343 e. The van der Waals surface area contributed by atoms with Crippen LogP contribution < -0.4 is 0 Å². The molecule has 1 aliphatic heterocycles. The highest BCUT2D eigenvalue weighted by molar-refractivity contribution is 5.72. The molecule has 1 N–H and O–H groups in total. The number of rotatable bonds is 0. The molecule has 0 radical (unpaired) electrons. The molecule has 2 heterocycles. The standard InChI is InChI=1S/C17H18N4O2/c1-13-4-3-5-14(10-13)6-7-15-11-18-16-12-20(8-9-21(15)16)17(22)19(2)23/h3-5,10-11,23H,8-9,12H2,1-2H3. The van der Waals surface area contributed by atoms with E-state index in [4.69, 9.17) is 0 Å². The lowest BCUT2D eigenvalue weighted by atomic mass is 10.1. The minimum Gasteiger partial charge on any atom is -0.318 e. The van der Waals surface area contributed by atoms with Crippen LogP contribution in [-0.4, -0.2) is 44.3 Å². The molecule has 0 aliphatic carbocycles. The van der Waals surface area contributed by atoms with Gasteiger partial charge in [-0.3, -0.25) is 5.21 Å². The van der Waals surface area contributed by atoms with Crippen molar-refractivity contribution in [2.24, 2.45) is 0 Å². The molecule has 118 valence electrons. The maximum atomic E-state index is 11.8. The summed E-state index contributed by atoms with van der Waals surface area (Å²) in [5.41, 5.74) is 2.98. The van der Waals surface area contributed by atoms with Gasteiger partial charge < -0.3 is 9.47 Å². The van der Waals surface area contributed by atoms with Crippen LogP contribution in [0.25, 0.3) is 0 Å². The van der Waals surface area contributed by atoms with E-state index in [0.29, 0.717) is 24.7 Å². The third-order valence-corrected chi connectivity index (χ3v) is 3.76. The molecule has 2 aromatic rings. The Labute approximate surface area is 134 Å². The highest BCUT2D eigenvalue weighted by atomic mass is 16.5. The summed E-state index contributed by atoms with van der Waals surface area (Å²) >= 11 is 0. The van der Waals surface area contributed by atoms with Gasteiger partial charge in [-0.15, -0.1) is 0 Å². The summed E-state index contributed by atoms with van der Waals surface area (Å²) in [6, 6.07) is 7.62. The molecule has 2 amide bonds. The number of hydrogen-bond donors (Lipinski definition) is 1. The number of benzene rings is 1. The molecule has 0 saturated heterocycles. The van der Waals surface area contributed by atoms with Crippen molar-refractivity contribution < 1.29 is 10.0 Å². The number of aryl methyl sites for hydroxylation is 1. The molecular formula is C17H18N4O2. The second-order valence-electron chi connectivity index (χ2n) is 5.56. The number of amides is 2. The number of carbonyl (C=O) groups excluding carboxylic acids is 1. The number of imidazole rings is 1. The zero-order valence-electron chi connectivity index (χ0n) is 13.2. The summed E-state index contributed by atoms with van der Waals surface area (Å²) in [6.07, 6.45) is 1.73. The molecule has 23 heavy (non-hydrogen) atoms. The van der Waals surface area contributed by atoms with Crippen LogP contribution in [-0.2, 0) is 13.1 Å². The minimum atomic E-state index is -0.424. The molecular weight excluding hydrogens is 292 g/mol. The van der Waals surface area contributed by atoms with E-state index in [9.17, 15) is 10.0 Å². The van der Waals surface area contributed by atoms with E-state index < -0.39 is 6.03 Å². The van der Waals surface area contributed by atoms with Crippen LogP contribution in [0.2, 0.25) is 0 Å². The first kappa shape index (κ1) is 15.1. The van der Waals surface area contributed by atoms with Crippen molar-refractivity contribution in [2.45, 2.75) is 20.0 Å². The lowest BCUT2D eigenvalue weighted by molar-refractivity contribution is -0.0362. The Morgan fingerprint density at radius 1 is 1.35 bits per heavy atom. The molecule has 3 rings (SSSR count). The SMILES string of the molecule is Cc1cccc(C#Cc2cnc3n2CCN(C(=O)N(C)O)C3)c1. The van der Waals surface area contributed by atoms with Crippen molar-refractivity contribution in [1.82, 2.24) is 19.5 Å². The van der Waals surface area contributed by atoms with Crippen molar-refractivity contribution in [3.05, 3.63) is 53.1 Å². The summed E-state index contributed by atoms with van der Waals surface area (Å²) in [5.74, 6) is 7.08. The van der Waals surface area contributed by atoms with Gasteiger partial charge in [-0.05, 0) is 30.5 Å². The minimum absolute atomic E-state index is 0.371. The smallest absolute Gasteiger partial charge is 0.318 e. The van der Waals surface area contributed by atoms with Crippen LogP contribution in [0.4, 0.5) is 4.79 Å². The topological polar surface area (TPSA) is 61.6 Å². The summed E-state index contributed by atoms with van der Waals surface area (Å²) in [6.45, 7) is 3.55. The van der Waals surface area contributed by atoms with E-state index in [-0.39, 0.29) is 0 Å². The van der Waals surface area contributed by atoms with Crippen LogP contribution in [0.1, 0.15) is 22.6 Å². The van der Waals surface area contributed by atoms with Gasteiger partial charge in [0.1, 0.15) is 11.5 Å². The van der Waals surface area contributed by atoms with E-state index in [1.807, 2.05) is 35.8 Å². The number of carbonyl (C=O) groups is 1. The Bertz CT molecular complexity index is 798. The fourth-order valence-electron chi connectivity index (χ4n) is 2.59. The van der Waals surface area contributed by atoms with Gasteiger partial charge in [0.15, 0.2) is 0 Å². The molecule has 1 aromatic heterocycles. The van der Waals surface area contributed by atoms with E-state index >= 15 is 0 Å². The van der Waals surface area contributed by atoms with Crippen LogP contribution in [0.15, 0.2) is 30.5 Å². The Hall–Kier alpha value is -2.78. The largest absolute Gasteiger partial charge is 0.343 e. The van der Waals surface area contributed by atoms with Gasteiger partial charge in [-0.1, -0.05) is 18.1 Å². The van der Waals surface area contributed by atoms with Gasteiger partial charge in [-0.2, -0.15) is 0 Å². The third kappa shape index (κ3) is 3.20. The average molecular weight is 310 g/mol. The summed E-state index contributed by atoms with van der Waals surface area (Å²) < 4.78 is 2.02. The Balaban J connectivity index is 1.80. The number of fused-ring (bicyclic) bond motifs is 1. The highest BCUT2D eigenvalue weighted by Crippen LogP contribution is 2.15. The van der Waals surface area contributed by atoms with Crippen LogP contribution in [0.3, 0.4) is 0 Å². The molecule has 1 aliphatic rings. The summed E-state index contributed by atoms with van der Waals surface area (Å²) in [4.78, 5) is 17.7. The van der Waals surface area contributed by atoms with Crippen molar-refractivity contribution in [3.8, 4) is 11.8 Å². The summed E-state index contributed by atoms with van der Waals surface area (Å²) in [7, 11) is 1.32. The number of aromatic nitrogens is 2. The molecule has 0 atom stereocenters. The molecule has 0 unspecified atom stereocenters. The van der Waals surface area contributed by atoms with Crippen LogP contribution in [0, 0.1) is 18.8 Å². The average Bonchev–Trinajstić information content (AvgIpc) is 2.94. The van der Waals surface area contributed by atoms with Crippen LogP contribution >= 0.6 is 0 Å². The van der Waals surface area contributed by atoms with Crippen molar-refractivity contribution in [1.29, 1.82) is 0 Å². The van der Waals surface area contributed by atoms with Gasteiger partial charge >= 0.3 is 6.03 Å². The Kier molecular flexibility index (Phi) is 4.04. The second-order valence-corrected chi connectivity index (χ2v) is 5.56. The number of hydroxylamine groups is 2. The Morgan fingerprint density at radius 2 is 2.17 bits per heavy atom. The second kappa shape index (κ2) is 6.15. The van der Waals surface area contributed by atoms with Crippen LogP contribution in [0.5, 0.6) is 0 Å². The fourth-order valence-corrected chi connectivity index (χ4v) is 2.59. The molecule has 1 aromatic carbocycles. The first-order valence-corrected chi connectivity index (χ1v) is 7.39. The third-order valence-electron chi connectivity index (χ3n) is 3.76. The monoisotopic (exact) mass is 310 g/mol. The number of urea groups is 1. The maximum absolute atomic E-state index is 11.8. The quantitative estimate of drug-likeness (QED) is 0.459. The molecule has 0 bridgehead atoms. The first-order valence-electron chi connectivity index (χ1n) is 7.39. The molecule has 0 fully saturated rings. The van der Waals surface area contributed by atoms with Crippen molar-refractivity contribution in [2.75, 3.05) is 13.6 Å². The van der Waals surface area contributed by atoms with E-state index in [1.54, 1.807) is 11.1 Å². The zero-order chi connectivity index (χ0) is 16.4. The van der Waals surface area contributed by atoms with Gasteiger partial charge in [-0.25, -0.2) is 14.8 Å². The first-order chi connectivity index (χ1) is 11.0. The zero-order valence-corrected chi connectivity index (χ0v) is 13.2. The lowest BCUT2D eigenvalue weighted by Gasteiger charge is -2.29. The molecule has 0 saturated carbocycles. The fraction of sp³-hybridized carbons (Fsp3) is 0.294. The van der Waals surface area contributed by atoms with E-state index in [1.165, 1.54) is 12.6 Å². The molecule has 6 nitrogen and oxygen atoms in total. The lowest BCUT2D eigenvalue weighted by Crippen LogP contribution is -2.44. The van der Waals surface area contributed by atoms with Crippen molar-refractivity contribution in [3.63, 3.8) is 0 Å². The Morgan fingerprint density at radius 3 is 2.91 bits per heavy atom. The van der Waals surface area contributed by atoms with Gasteiger partial charge in [0, 0.05) is 25.7 Å². The van der Waals surface area contributed by atoms with E-state index in [0.717, 1.165) is 17.1 Å². The normalized spacial score (nSPS) is 13.1. The number of hydrogen-bond acceptors (Lipinski definition) is 3. The predicted octanol–water partition coefficient (Wildman–Crippen LogP) is 1.85. The van der Waals surface area contributed by atoms with Gasteiger partial charge in [0.2, 0.25) is 0 Å². The highest BCUT2D eigenvalue weighted by Gasteiger charge is 2.24. The van der Waals surface area contributed by atoms with Gasteiger partial charge in [0.25, 0.3) is 0 Å². The van der Waals surface area contributed by atoms with Gasteiger partial charge in [0.05, 0.1) is 12.7 Å². The van der Waals surface area contributed by atoms with Crippen molar-refractivity contribution >= 4 is 6.03 Å². The predicted molar refractivity (Wildman–Crippen MR) is 84.7 cm³/mol. The molecule has 6 heteroatoms. The summed E-state index contributed by atoms with van der Waals surface area (Å²) in [5, 5.41) is 9.85. The molecule has 0 spiro atoms.